The number of para-hydroxylation sites is 2. The van der Waals surface area contributed by atoms with E-state index in [4.69, 9.17) is 22.2 Å². The zero-order valence-corrected chi connectivity index (χ0v) is 16.3. The van der Waals surface area contributed by atoms with Gasteiger partial charge in [0.25, 0.3) is 0 Å². The van der Waals surface area contributed by atoms with Gasteiger partial charge in [-0.25, -0.2) is 4.68 Å². The average Bonchev–Trinajstić information content (AvgIpc) is 2.95. The molecule has 4 nitrogen and oxygen atoms in total. The Morgan fingerprint density at radius 3 is 2.59 bits per heavy atom. The second kappa shape index (κ2) is 6.93. The molecule has 0 aliphatic heterocycles. The molecule has 4 rings (SSSR count). The Morgan fingerprint density at radius 1 is 1.04 bits per heavy atom. The Bertz CT molecular complexity index is 1220. The van der Waals surface area contributed by atoms with Crippen molar-refractivity contribution >= 4 is 35.0 Å². The van der Waals surface area contributed by atoms with Gasteiger partial charge in [-0.05, 0) is 50.6 Å². The van der Waals surface area contributed by atoms with Crippen molar-refractivity contribution in [2.75, 3.05) is 0 Å². The van der Waals surface area contributed by atoms with E-state index in [1.807, 2.05) is 67.2 Å². The molecule has 2 aromatic carbocycles. The highest BCUT2D eigenvalue weighted by Gasteiger charge is 2.09. The Labute approximate surface area is 163 Å². The number of pyridine rings is 1. The maximum atomic E-state index is 5.67. The van der Waals surface area contributed by atoms with Gasteiger partial charge in [-0.15, -0.1) is 0 Å². The highest BCUT2D eigenvalue weighted by Crippen LogP contribution is 2.27. The molecule has 5 heteroatoms. The number of aromatic amines is 1. The summed E-state index contributed by atoms with van der Waals surface area (Å²) < 4.78 is 2.62. The standard InChI is InChI=1S/C22H20N4S/c1-14-12-15(2)24-21-18(14)10-7-11-20(21)23-13-19-16(3)25-26(22(19)27)17-8-5-4-6-9-17/h4-13,25H,1-3H3. The van der Waals surface area contributed by atoms with Crippen molar-refractivity contribution in [2.45, 2.75) is 20.8 Å². The molecule has 2 aromatic heterocycles. The Hall–Kier alpha value is -3.05. The predicted molar refractivity (Wildman–Crippen MR) is 114 cm³/mol. The van der Waals surface area contributed by atoms with Crippen molar-refractivity contribution < 1.29 is 0 Å². The summed E-state index contributed by atoms with van der Waals surface area (Å²) in [6, 6.07) is 18.2. The number of aromatic nitrogens is 3. The predicted octanol–water partition coefficient (Wildman–Crippen LogP) is 5.76. The van der Waals surface area contributed by atoms with Gasteiger partial charge in [0.2, 0.25) is 0 Å². The highest BCUT2D eigenvalue weighted by atomic mass is 32.1. The number of aliphatic imine (C=N–C) groups is 1. The van der Waals surface area contributed by atoms with Gasteiger partial charge in [0.1, 0.15) is 4.64 Å². The molecule has 0 saturated carbocycles. The van der Waals surface area contributed by atoms with Crippen molar-refractivity contribution in [1.29, 1.82) is 0 Å². The number of hydrogen-bond donors (Lipinski definition) is 1. The maximum Gasteiger partial charge on any atom is 0.136 e. The largest absolute Gasteiger partial charge is 0.297 e. The molecule has 0 aliphatic rings. The van der Waals surface area contributed by atoms with E-state index in [0.29, 0.717) is 4.64 Å². The summed E-state index contributed by atoms with van der Waals surface area (Å²) in [5.41, 5.74) is 6.86. The van der Waals surface area contributed by atoms with E-state index in [2.05, 4.69) is 24.2 Å². The van der Waals surface area contributed by atoms with Gasteiger partial charge in [-0.3, -0.25) is 15.1 Å². The molecule has 27 heavy (non-hydrogen) atoms. The van der Waals surface area contributed by atoms with Crippen molar-refractivity contribution in [3.63, 3.8) is 0 Å². The third-order valence-corrected chi connectivity index (χ3v) is 5.02. The molecule has 134 valence electrons. The summed E-state index contributed by atoms with van der Waals surface area (Å²) in [7, 11) is 0. The Morgan fingerprint density at radius 2 is 1.81 bits per heavy atom. The van der Waals surface area contributed by atoms with Gasteiger partial charge in [0.15, 0.2) is 0 Å². The van der Waals surface area contributed by atoms with E-state index in [0.717, 1.165) is 39.2 Å². The number of benzene rings is 2. The lowest BCUT2D eigenvalue weighted by Gasteiger charge is -2.05. The van der Waals surface area contributed by atoms with Crippen LogP contribution in [0.3, 0.4) is 0 Å². The number of fused-ring (bicyclic) bond motifs is 1. The first kappa shape index (κ1) is 17.4. The Balaban J connectivity index is 1.80. The van der Waals surface area contributed by atoms with Crippen LogP contribution < -0.4 is 0 Å². The number of H-pyrrole nitrogens is 1. The van der Waals surface area contributed by atoms with Gasteiger partial charge in [-0.2, -0.15) is 0 Å². The number of aryl methyl sites for hydroxylation is 3. The first-order valence-corrected chi connectivity index (χ1v) is 9.23. The minimum absolute atomic E-state index is 0.711. The summed E-state index contributed by atoms with van der Waals surface area (Å²) in [5.74, 6) is 0. The van der Waals surface area contributed by atoms with Crippen LogP contribution in [0.1, 0.15) is 22.5 Å². The maximum absolute atomic E-state index is 5.67. The molecule has 0 aliphatic carbocycles. The lowest BCUT2D eigenvalue weighted by Crippen LogP contribution is -1.95. The molecule has 0 spiro atoms. The van der Waals surface area contributed by atoms with Crippen LogP contribution in [0.25, 0.3) is 16.6 Å². The molecule has 2 heterocycles. The molecular weight excluding hydrogens is 352 g/mol. The van der Waals surface area contributed by atoms with Crippen molar-refractivity contribution in [1.82, 2.24) is 14.8 Å². The molecule has 0 amide bonds. The second-order valence-corrected chi connectivity index (χ2v) is 7.03. The van der Waals surface area contributed by atoms with E-state index >= 15 is 0 Å². The van der Waals surface area contributed by atoms with E-state index < -0.39 is 0 Å². The molecule has 1 N–H and O–H groups in total. The molecule has 0 saturated heterocycles. The zero-order chi connectivity index (χ0) is 19.0. The van der Waals surface area contributed by atoms with Crippen LogP contribution in [-0.2, 0) is 0 Å². The third kappa shape index (κ3) is 3.22. The van der Waals surface area contributed by atoms with Crippen molar-refractivity contribution in [3.8, 4) is 5.69 Å². The van der Waals surface area contributed by atoms with Crippen LogP contribution in [0.4, 0.5) is 5.69 Å². The highest BCUT2D eigenvalue weighted by molar-refractivity contribution is 7.71. The quantitative estimate of drug-likeness (QED) is 0.367. The zero-order valence-electron chi connectivity index (χ0n) is 15.5. The summed E-state index contributed by atoms with van der Waals surface area (Å²) in [6.45, 7) is 6.12. The van der Waals surface area contributed by atoms with E-state index in [9.17, 15) is 0 Å². The van der Waals surface area contributed by atoms with Crippen molar-refractivity contribution in [3.05, 3.63) is 81.8 Å². The fourth-order valence-electron chi connectivity index (χ4n) is 3.28. The lowest BCUT2D eigenvalue weighted by atomic mass is 10.1. The number of hydrogen-bond acceptors (Lipinski definition) is 3. The van der Waals surface area contributed by atoms with Crippen LogP contribution in [0.5, 0.6) is 0 Å². The topological polar surface area (TPSA) is 46.0 Å². The van der Waals surface area contributed by atoms with Gasteiger partial charge >= 0.3 is 0 Å². The second-order valence-electron chi connectivity index (χ2n) is 6.64. The third-order valence-electron chi connectivity index (χ3n) is 4.62. The fraction of sp³-hybridized carbons (Fsp3) is 0.136. The molecule has 0 bridgehead atoms. The van der Waals surface area contributed by atoms with Crippen LogP contribution in [0.15, 0.2) is 59.6 Å². The minimum atomic E-state index is 0.711. The molecule has 4 aromatic rings. The summed E-state index contributed by atoms with van der Waals surface area (Å²) in [5, 5.41) is 4.45. The Kier molecular flexibility index (Phi) is 4.46. The summed E-state index contributed by atoms with van der Waals surface area (Å²) in [4.78, 5) is 9.42. The van der Waals surface area contributed by atoms with Crippen LogP contribution in [0.2, 0.25) is 0 Å². The molecule has 0 unspecified atom stereocenters. The lowest BCUT2D eigenvalue weighted by molar-refractivity contribution is 0.853. The SMILES string of the molecule is Cc1cc(C)c2cccc(N=Cc3c(C)[nH]n(-c4ccccc4)c3=S)c2n1. The smallest absolute Gasteiger partial charge is 0.136 e. The first-order valence-electron chi connectivity index (χ1n) is 8.82. The minimum Gasteiger partial charge on any atom is -0.297 e. The summed E-state index contributed by atoms with van der Waals surface area (Å²) >= 11 is 5.67. The number of nitrogens with one attached hydrogen (secondary N) is 1. The van der Waals surface area contributed by atoms with Crippen LogP contribution >= 0.6 is 12.2 Å². The normalized spacial score (nSPS) is 11.5. The fourth-order valence-corrected chi connectivity index (χ4v) is 3.63. The summed E-state index contributed by atoms with van der Waals surface area (Å²) in [6.07, 6.45) is 1.84. The van der Waals surface area contributed by atoms with E-state index in [-0.39, 0.29) is 0 Å². The van der Waals surface area contributed by atoms with Gasteiger partial charge < -0.3 is 0 Å². The van der Waals surface area contributed by atoms with Gasteiger partial charge in [0, 0.05) is 23.0 Å². The van der Waals surface area contributed by atoms with Crippen molar-refractivity contribution in [2.24, 2.45) is 4.99 Å². The van der Waals surface area contributed by atoms with Gasteiger partial charge in [-0.1, -0.05) is 42.5 Å². The monoisotopic (exact) mass is 372 g/mol. The van der Waals surface area contributed by atoms with Crippen LogP contribution in [-0.4, -0.2) is 21.0 Å². The van der Waals surface area contributed by atoms with Crippen LogP contribution in [0, 0.1) is 25.4 Å². The van der Waals surface area contributed by atoms with E-state index in [1.54, 1.807) is 0 Å². The molecular formula is C22H20N4S. The number of rotatable bonds is 3. The van der Waals surface area contributed by atoms with Gasteiger partial charge in [0.05, 0.1) is 22.5 Å². The molecule has 0 atom stereocenters. The first-order chi connectivity index (χ1) is 13.0. The molecule has 0 radical (unpaired) electrons. The average molecular weight is 372 g/mol. The number of nitrogens with zero attached hydrogens (tertiary/aromatic N) is 3. The van der Waals surface area contributed by atoms with E-state index in [1.165, 1.54) is 5.56 Å². The molecule has 0 fully saturated rings.